The first-order valence-corrected chi connectivity index (χ1v) is 5.37. The molecule has 0 bridgehead atoms. The summed E-state index contributed by atoms with van der Waals surface area (Å²) in [4.78, 5) is 13.9. The third-order valence-corrected chi connectivity index (χ3v) is 3.13. The molecule has 13 heavy (non-hydrogen) atoms. The van der Waals surface area contributed by atoms with Gasteiger partial charge in [-0.1, -0.05) is 12.8 Å². The van der Waals surface area contributed by atoms with Crippen molar-refractivity contribution in [2.24, 2.45) is 5.92 Å². The van der Waals surface area contributed by atoms with E-state index >= 15 is 0 Å². The maximum Gasteiger partial charge on any atom is 0.225 e. The molecule has 0 aromatic carbocycles. The van der Waals surface area contributed by atoms with Gasteiger partial charge in [-0.2, -0.15) is 0 Å². The molecule has 0 radical (unpaired) electrons. The Morgan fingerprint density at radius 3 is 2.38 bits per heavy atom. The molecule has 1 saturated carbocycles. The molecule has 0 atom stereocenters. The SMILES string of the molecule is O=C(C1CCCC1)N1CCNCC1. The second kappa shape index (κ2) is 4.09. The van der Waals surface area contributed by atoms with Crippen molar-refractivity contribution in [2.45, 2.75) is 25.7 Å². The molecule has 1 amide bonds. The van der Waals surface area contributed by atoms with Gasteiger partial charge in [0.2, 0.25) is 5.91 Å². The highest BCUT2D eigenvalue weighted by Gasteiger charge is 2.27. The lowest BCUT2D eigenvalue weighted by Crippen LogP contribution is -2.48. The van der Waals surface area contributed by atoms with E-state index < -0.39 is 0 Å². The molecule has 0 unspecified atom stereocenters. The van der Waals surface area contributed by atoms with Crippen LogP contribution in [0.15, 0.2) is 0 Å². The number of amides is 1. The van der Waals surface area contributed by atoms with Gasteiger partial charge < -0.3 is 10.2 Å². The predicted molar refractivity (Wildman–Crippen MR) is 51.4 cm³/mol. The molecule has 2 rings (SSSR count). The van der Waals surface area contributed by atoms with Crippen molar-refractivity contribution in [2.75, 3.05) is 26.2 Å². The van der Waals surface area contributed by atoms with Crippen LogP contribution in [0.1, 0.15) is 25.7 Å². The van der Waals surface area contributed by atoms with Gasteiger partial charge in [0, 0.05) is 32.1 Å². The first-order valence-electron chi connectivity index (χ1n) is 5.37. The van der Waals surface area contributed by atoms with Gasteiger partial charge in [-0.05, 0) is 12.8 Å². The molecule has 1 N–H and O–H groups in total. The van der Waals surface area contributed by atoms with Gasteiger partial charge in [0.25, 0.3) is 0 Å². The van der Waals surface area contributed by atoms with Crippen LogP contribution in [0.25, 0.3) is 0 Å². The molecule has 0 aromatic heterocycles. The smallest absolute Gasteiger partial charge is 0.225 e. The van der Waals surface area contributed by atoms with Crippen LogP contribution >= 0.6 is 0 Å². The van der Waals surface area contributed by atoms with Crippen molar-refractivity contribution in [1.29, 1.82) is 0 Å². The summed E-state index contributed by atoms with van der Waals surface area (Å²) in [7, 11) is 0. The van der Waals surface area contributed by atoms with Crippen molar-refractivity contribution < 1.29 is 4.79 Å². The summed E-state index contributed by atoms with van der Waals surface area (Å²) in [5.41, 5.74) is 0. The molecule has 3 nitrogen and oxygen atoms in total. The average Bonchev–Trinajstić information content (AvgIpc) is 2.71. The van der Waals surface area contributed by atoms with Crippen LogP contribution in [0.2, 0.25) is 0 Å². The van der Waals surface area contributed by atoms with E-state index in [0.717, 1.165) is 39.0 Å². The van der Waals surface area contributed by atoms with Crippen molar-refractivity contribution in [1.82, 2.24) is 10.2 Å². The number of piperazine rings is 1. The molecule has 1 saturated heterocycles. The zero-order valence-electron chi connectivity index (χ0n) is 8.09. The standard InChI is InChI=1S/C10H18N2O/c13-10(9-3-1-2-4-9)12-7-5-11-6-8-12/h9,11H,1-8H2. The number of carbonyl (C=O) groups excluding carboxylic acids is 1. The minimum Gasteiger partial charge on any atom is -0.340 e. The minimum atomic E-state index is 0.359. The number of hydrogen-bond acceptors (Lipinski definition) is 2. The Morgan fingerprint density at radius 2 is 1.77 bits per heavy atom. The Balaban J connectivity index is 1.87. The molecule has 2 aliphatic rings. The maximum atomic E-state index is 11.9. The normalized spacial score (nSPS) is 25.1. The quantitative estimate of drug-likeness (QED) is 0.644. The van der Waals surface area contributed by atoms with Crippen molar-refractivity contribution in [3.05, 3.63) is 0 Å². The second-order valence-electron chi connectivity index (χ2n) is 4.06. The van der Waals surface area contributed by atoms with E-state index in [-0.39, 0.29) is 0 Å². The van der Waals surface area contributed by atoms with E-state index in [0.29, 0.717) is 11.8 Å². The van der Waals surface area contributed by atoms with Crippen molar-refractivity contribution in [3.63, 3.8) is 0 Å². The summed E-state index contributed by atoms with van der Waals surface area (Å²) in [6, 6.07) is 0. The van der Waals surface area contributed by atoms with Gasteiger partial charge in [-0.25, -0.2) is 0 Å². The van der Waals surface area contributed by atoms with Crippen LogP contribution in [0.5, 0.6) is 0 Å². The van der Waals surface area contributed by atoms with Crippen molar-refractivity contribution in [3.8, 4) is 0 Å². The largest absolute Gasteiger partial charge is 0.340 e. The van der Waals surface area contributed by atoms with Crippen LogP contribution in [0, 0.1) is 5.92 Å². The Morgan fingerprint density at radius 1 is 1.15 bits per heavy atom. The summed E-state index contributed by atoms with van der Waals surface area (Å²) < 4.78 is 0. The molecule has 0 aromatic rings. The highest BCUT2D eigenvalue weighted by atomic mass is 16.2. The van der Waals surface area contributed by atoms with E-state index in [2.05, 4.69) is 5.32 Å². The topological polar surface area (TPSA) is 32.3 Å². The number of hydrogen-bond donors (Lipinski definition) is 1. The Bertz CT molecular complexity index is 181. The molecular weight excluding hydrogens is 164 g/mol. The van der Waals surface area contributed by atoms with E-state index in [1.165, 1.54) is 12.8 Å². The van der Waals surface area contributed by atoms with Gasteiger partial charge in [0.1, 0.15) is 0 Å². The molecule has 0 spiro atoms. The number of nitrogens with one attached hydrogen (secondary N) is 1. The summed E-state index contributed by atoms with van der Waals surface area (Å²) in [5.74, 6) is 0.775. The van der Waals surface area contributed by atoms with Crippen molar-refractivity contribution >= 4 is 5.91 Å². The van der Waals surface area contributed by atoms with Gasteiger partial charge in [-0.3, -0.25) is 4.79 Å². The second-order valence-corrected chi connectivity index (χ2v) is 4.06. The van der Waals surface area contributed by atoms with E-state index in [9.17, 15) is 4.79 Å². The van der Waals surface area contributed by atoms with E-state index in [4.69, 9.17) is 0 Å². The van der Waals surface area contributed by atoms with Crippen LogP contribution in [-0.2, 0) is 4.79 Å². The van der Waals surface area contributed by atoms with Gasteiger partial charge in [0.05, 0.1) is 0 Å². The molecule has 3 heteroatoms. The minimum absolute atomic E-state index is 0.359. The average molecular weight is 182 g/mol. The molecule has 1 aliphatic carbocycles. The van der Waals surface area contributed by atoms with Gasteiger partial charge >= 0.3 is 0 Å². The van der Waals surface area contributed by atoms with Gasteiger partial charge in [-0.15, -0.1) is 0 Å². The van der Waals surface area contributed by atoms with E-state index in [1.807, 2.05) is 4.90 Å². The zero-order chi connectivity index (χ0) is 9.10. The fourth-order valence-electron chi connectivity index (χ4n) is 2.32. The Kier molecular flexibility index (Phi) is 2.83. The third kappa shape index (κ3) is 2.02. The molecule has 1 heterocycles. The zero-order valence-corrected chi connectivity index (χ0v) is 8.09. The van der Waals surface area contributed by atoms with E-state index in [1.54, 1.807) is 0 Å². The number of rotatable bonds is 1. The molecular formula is C10H18N2O. The number of nitrogens with zero attached hydrogens (tertiary/aromatic N) is 1. The summed E-state index contributed by atoms with van der Waals surface area (Å²) in [6.07, 6.45) is 4.76. The summed E-state index contributed by atoms with van der Waals surface area (Å²) >= 11 is 0. The summed E-state index contributed by atoms with van der Waals surface area (Å²) in [6.45, 7) is 3.77. The lowest BCUT2D eigenvalue weighted by atomic mass is 10.1. The first kappa shape index (κ1) is 9.00. The van der Waals surface area contributed by atoms with Crippen LogP contribution in [0.3, 0.4) is 0 Å². The predicted octanol–water partition coefficient (Wildman–Crippen LogP) is 0.608. The lowest BCUT2D eigenvalue weighted by Gasteiger charge is -2.29. The maximum absolute atomic E-state index is 11.9. The monoisotopic (exact) mass is 182 g/mol. The molecule has 2 fully saturated rings. The first-order chi connectivity index (χ1) is 6.38. The van der Waals surface area contributed by atoms with Crippen LogP contribution < -0.4 is 5.32 Å². The fraction of sp³-hybridized carbons (Fsp3) is 0.900. The Hall–Kier alpha value is -0.570. The Labute approximate surface area is 79.5 Å². The van der Waals surface area contributed by atoms with Crippen LogP contribution in [0.4, 0.5) is 0 Å². The third-order valence-electron chi connectivity index (χ3n) is 3.13. The molecule has 74 valence electrons. The number of carbonyl (C=O) groups is 1. The highest BCUT2D eigenvalue weighted by Crippen LogP contribution is 2.26. The fourth-order valence-corrected chi connectivity index (χ4v) is 2.32. The highest BCUT2D eigenvalue weighted by molar-refractivity contribution is 5.79. The van der Waals surface area contributed by atoms with Gasteiger partial charge in [0.15, 0.2) is 0 Å². The molecule has 1 aliphatic heterocycles. The lowest BCUT2D eigenvalue weighted by molar-refractivity contribution is -0.135. The van der Waals surface area contributed by atoms with Crippen LogP contribution in [-0.4, -0.2) is 37.0 Å². The summed E-state index contributed by atoms with van der Waals surface area (Å²) in [5, 5.41) is 3.27.